The fraction of sp³-hybridized carbons (Fsp3) is 0.333. The zero-order chi connectivity index (χ0) is 13.7. The summed E-state index contributed by atoms with van der Waals surface area (Å²) in [4.78, 5) is 10.9. The summed E-state index contributed by atoms with van der Waals surface area (Å²) in [6.45, 7) is 2.57. The number of hydrogen-bond acceptors (Lipinski definition) is 2. The Hall–Kier alpha value is -2.10. The van der Waals surface area contributed by atoms with Crippen molar-refractivity contribution in [1.29, 1.82) is 0 Å². The first kappa shape index (κ1) is 13.3. The van der Waals surface area contributed by atoms with E-state index in [1.807, 2.05) is 18.2 Å². The van der Waals surface area contributed by atoms with E-state index < -0.39 is 5.97 Å². The molecule has 0 saturated heterocycles. The van der Waals surface area contributed by atoms with E-state index >= 15 is 0 Å². The maximum absolute atomic E-state index is 10.9. The summed E-state index contributed by atoms with van der Waals surface area (Å²) in [7, 11) is 0. The van der Waals surface area contributed by atoms with Crippen LogP contribution in [0, 0.1) is 6.92 Å². The van der Waals surface area contributed by atoms with E-state index in [1.54, 1.807) is 11.6 Å². The lowest BCUT2D eigenvalue weighted by Gasteiger charge is -2.05. The van der Waals surface area contributed by atoms with Crippen molar-refractivity contribution >= 4 is 5.97 Å². The van der Waals surface area contributed by atoms with Crippen molar-refractivity contribution in [2.24, 2.45) is 0 Å². The molecule has 0 unspecified atom stereocenters. The van der Waals surface area contributed by atoms with E-state index in [0.717, 1.165) is 31.5 Å². The quantitative estimate of drug-likeness (QED) is 0.810. The second-order valence-corrected chi connectivity index (χ2v) is 4.61. The van der Waals surface area contributed by atoms with E-state index in [-0.39, 0.29) is 0 Å². The second-order valence-electron chi connectivity index (χ2n) is 4.61. The monoisotopic (exact) mass is 258 g/mol. The number of hydrogen-bond donors (Lipinski definition) is 1. The highest BCUT2D eigenvalue weighted by molar-refractivity contribution is 5.88. The molecule has 0 aliphatic rings. The summed E-state index contributed by atoms with van der Waals surface area (Å²) in [6.07, 6.45) is 4.55. The standard InChI is InChI=1S/C15H18N2O2/c1-12-14(15(18)19)11-16-17(12)10-6-5-9-13-7-3-2-4-8-13/h2-4,7-8,11H,5-6,9-10H2,1H3,(H,18,19). The molecular weight excluding hydrogens is 240 g/mol. The van der Waals surface area contributed by atoms with Gasteiger partial charge in [0.1, 0.15) is 5.56 Å². The minimum absolute atomic E-state index is 0.294. The van der Waals surface area contributed by atoms with Crippen molar-refractivity contribution in [3.8, 4) is 0 Å². The number of rotatable bonds is 6. The molecule has 1 aromatic carbocycles. The van der Waals surface area contributed by atoms with Gasteiger partial charge in [0.05, 0.1) is 6.20 Å². The van der Waals surface area contributed by atoms with Crippen LogP contribution in [-0.4, -0.2) is 20.9 Å². The normalized spacial score (nSPS) is 10.6. The van der Waals surface area contributed by atoms with Gasteiger partial charge in [0.2, 0.25) is 0 Å². The Morgan fingerprint density at radius 1 is 1.26 bits per heavy atom. The van der Waals surface area contributed by atoms with Crippen molar-refractivity contribution in [1.82, 2.24) is 9.78 Å². The minimum Gasteiger partial charge on any atom is -0.478 e. The largest absolute Gasteiger partial charge is 0.478 e. The van der Waals surface area contributed by atoms with Crippen molar-refractivity contribution < 1.29 is 9.90 Å². The molecule has 1 heterocycles. The number of nitrogens with zero attached hydrogens (tertiary/aromatic N) is 2. The molecule has 19 heavy (non-hydrogen) atoms. The SMILES string of the molecule is Cc1c(C(=O)O)cnn1CCCCc1ccccc1. The van der Waals surface area contributed by atoms with Crippen molar-refractivity contribution in [3.63, 3.8) is 0 Å². The molecule has 0 saturated carbocycles. The predicted octanol–water partition coefficient (Wildman–Crippen LogP) is 2.91. The molecule has 0 radical (unpaired) electrons. The molecule has 4 heteroatoms. The first-order valence-corrected chi connectivity index (χ1v) is 6.48. The molecule has 0 fully saturated rings. The fourth-order valence-electron chi connectivity index (χ4n) is 2.12. The third kappa shape index (κ3) is 3.44. The highest BCUT2D eigenvalue weighted by Crippen LogP contribution is 2.10. The molecule has 100 valence electrons. The van der Waals surface area contributed by atoms with Gasteiger partial charge in [0, 0.05) is 12.2 Å². The van der Waals surface area contributed by atoms with Gasteiger partial charge in [-0.1, -0.05) is 30.3 Å². The topological polar surface area (TPSA) is 55.1 Å². The maximum Gasteiger partial charge on any atom is 0.339 e. The van der Waals surface area contributed by atoms with Gasteiger partial charge in [-0.15, -0.1) is 0 Å². The molecule has 0 spiro atoms. The number of benzene rings is 1. The third-order valence-corrected chi connectivity index (χ3v) is 3.26. The lowest BCUT2D eigenvalue weighted by Crippen LogP contribution is -2.05. The van der Waals surface area contributed by atoms with Crippen molar-refractivity contribution in [3.05, 3.63) is 53.3 Å². The van der Waals surface area contributed by atoms with Gasteiger partial charge in [0.15, 0.2) is 0 Å². The van der Waals surface area contributed by atoms with Gasteiger partial charge in [-0.25, -0.2) is 4.79 Å². The molecular formula is C15H18N2O2. The summed E-state index contributed by atoms with van der Waals surface area (Å²) in [5.41, 5.74) is 2.36. The summed E-state index contributed by atoms with van der Waals surface area (Å²) in [6, 6.07) is 10.4. The molecule has 2 aromatic rings. The Balaban J connectivity index is 1.82. The van der Waals surface area contributed by atoms with Gasteiger partial charge in [-0.2, -0.15) is 5.10 Å². The van der Waals surface area contributed by atoms with Crippen LogP contribution in [-0.2, 0) is 13.0 Å². The Morgan fingerprint density at radius 2 is 2.00 bits per heavy atom. The summed E-state index contributed by atoms with van der Waals surface area (Å²) < 4.78 is 1.77. The molecule has 4 nitrogen and oxygen atoms in total. The highest BCUT2D eigenvalue weighted by atomic mass is 16.4. The van der Waals surface area contributed by atoms with Crippen LogP contribution in [0.4, 0.5) is 0 Å². The predicted molar refractivity (Wildman–Crippen MR) is 73.3 cm³/mol. The molecule has 0 atom stereocenters. The molecule has 0 aliphatic carbocycles. The smallest absolute Gasteiger partial charge is 0.339 e. The number of aromatic nitrogens is 2. The number of unbranched alkanes of at least 4 members (excludes halogenated alkanes) is 1. The average Bonchev–Trinajstić information content (AvgIpc) is 2.77. The fourth-order valence-corrected chi connectivity index (χ4v) is 2.12. The number of aromatic carboxylic acids is 1. The molecule has 0 amide bonds. The van der Waals surface area contributed by atoms with Crippen LogP contribution in [0.2, 0.25) is 0 Å². The van der Waals surface area contributed by atoms with E-state index in [0.29, 0.717) is 5.56 Å². The Labute approximate surface area is 112 Å². The summed E-state index contributed by atoms with van der Waals surface area (Å²) in [5.74, 6) is -0.909. The van der Waals surface area contributed by atoms with Crippen molar-refractivity contribution in [2.45, 2.75) is 32.7 Å². The van der Waals surface area contributed by atoms with Crippen LogP contribution in [0.25, 0.3) is 0 Å². The van der Waals surface area contributed by atoms with Crippen molar-refractivity contribution in [2.75, 3.05) is 0 Å². The zero-order valence-electron chi connectivity index (χ0n) is 11.0. The minimum atomic E-state index is -0.909. The maximum atomic E-state index is 10.9. The van der Waals surface area contributed by atoms with Crippen LogP contribution < -0.4 is 0 Å². The lowest BCUT2D eigenvalue weighted by molar-refractivity contribution is 0.0696. The number of carboxylic acid groups (broad SMARTS) is 1. The van der Waals surface area contributed by atoms with E-state index in [1.165, 1.54) is 11.8 Å². The van der Waals surface area contributed by atoms with E-state index in [2.05, 4.69) is 17.2 Å². The van der Waals surface area contributed by atoms with Crippen LogP contribution in [0.15, 0.2) is 36.5 Å². The summed E-state index contributed by atoms with van der Waals surface area (Å²) >= 11 is 0. The van der Waals surface area contributed by atoms with Crippen LogP contribution >= 0.6 is 0 Å². The first-order valence-electron chi connectivity index (χ1n) is 6.48. The Kier molecular flexibility index (Phi) is 4.34. The van der Waals surface area contributed by atoms with E-state index in [4.69, 9.17) is 5.11 Å². The van der Waals surface area contributed by atoms with Crippen LogP contribution in [0.1, 0.15) is 34.5 Å². The lowest BCUT2D eigenvalue weighted by atomic mass is 10.1. The summed E-state index contributed by atoms with van der Waals surface area (Å²) in [5, 5.41) is 13.1. The van der Waals surface area contributed by atoms with Gasteiger partial charge in [-0.05, 0) is 31.7 Å². The molecule has 0 aliphatic heterocycles. The van der Waals surface area contributed by atoms with E-state index in [9.17, 15) is 4.79 Å². The number of aryl methyl sites for hydroxylation is 2. The van der Waals surface area contributed by atoms with Crippen LogP contribution in [0.5, 0.6) is 0 Å². The van der Waals surface area contributed by atoms with Gasteiger partial charge >= 0.3 is 5.97 Å². The highest BCUT2D eigenvalue weighted by Gasteiger charge is 2.11. The third-order valence-electron chi connectivity index (χ3n) is 3.26. The number of carbonyl (C=O) groups is 1. The number of carboxylic acids is 1. The first-order chi connectivity index (χ1) is 9.18. The van der Waals surface area contributed by atoms with Crippen LogP contribution in [0.3, 0.4) is 0 Å². The van der Waals surface area contributed by atoms with Gasteiger partial charge in [-0.3, -0.25) is 4.68 Å². The second kappa shape index (κ2) is 6.18. The zero-order valence-corrected chi connectivity index (χ0v) is 11.0. The molecule has 1 aromatic heterocycles. The molecule has 2 rings (SSSR count). The molecule has 1 N–H and O–H groups in total. The van der Waals surface area contributed by atoms with Gasteiger partial charge < -0.3 is 5.11 Å². The Bertz CT molecular complexity index is 547. The van der Waals surface area contributed by atoms with Gasteiger partial charge in [0.25, 0.3) is 0 Å². The Morgan fingerprint density at radius 3 is 2.63 bits per heavy atom. The molecule has 0 bridgehead atoms. The average molecular weight is 258 g/mol.